The SMILES string of the molecule is CC1(C(=O)N2CCCCC2C#N)CCCO1. The van der Waals surface area contributed by atoms with Crippen LogP contribution in [-0.2, 0) is 9.53 Å². The Morgan fingerprint density at radius 1 is 1.50 bits per heavy atom. The van der Waals surface area contributed by atoms with E-state index >= 15 is 0 Å². The number of carbonyl (C=O) groups excluding carboxylic acids is 1. The number of amides is 1. The molecule has 2 heterocycles. The van der Waals surface area contributed by atoms with Gasteiger partial charge in [-0.2, -0.15) is 5.26 Å². The molecular formula is C12H18N2O2. The average Bonchev–Trinajstić information content (AvgIpc) is 2.76. The van der Waals surface area contributed by atoms with Gasteiger partial charge >= 0.3 is 0 Å². The molecule has 0 aromatic heterocycles. The van der Waals surface area contributed by atoms with Crippen molar-refractivity contribution in [3.8, 4) is 6.07 Å². The van der Waals surface area contributed by atoms with Crippen molar-refractivity contribution in [1.82, 2.24) is 4.90 Å². The monoisotopic (exact) mass is 222 g/mol. The number of nitriles is 1. The molecule has 2 aliphatic heterocycles. The van der Waals surface area contributed by atoms with Gasteiger partial charge in [-0.1, -0.05) is 0 Å². The minimum Gasteiger partial charge on any atom is -0.365 e. The quantitative estimate of drug-likeness (QED) is 0.675. The highest BCUT2D eigenvalue weighted by molar-refractivity contribution is 5.85. The lowest BCUT2D eigenvalue weighted by atomic mass is 9.96. The third-order valence-corrected chi connectivity index (χ3v) is 3.58. The predicted octanol–water partition coefficient (Wildman–Crippen LogP) is 1.46. The maximum atomic E-state index is 12.3. The molecule has 2 saturated heterocycles. The van der Waals surface area contributed by atoms with Crippen molar-refractivity contribution in [3.63, 3.8) is 0 Å². The van der Waals surface area contributed by atoms with Crippen LogP contribution in [0.3, 0.4) is 0 Å². The zero-order valence-electron chi connectivity index (χ0n) is 9.74. The van der Waals surface area contributed by atoms with Gasteiger partial charge in [-0.3, -0.25) is 4.79 Å². The Balaban J connectivity index is 2.10. The number of ether oxygens (including phenoxy) is 1. The second-order valence-corrected chi connectivity index (χ2v) is 4.82. The molecule has 4 heteroatoms. The summed E-state index contributed by atoms with van der Waals surface area (Å²) in [6.07, 6.45) is 4.56. The average molecular weight is 222 g/mol. The second-order valence-electron chi connectivity index (χ2n) is 4.82. The van der Waals surface area contributed by atoms with Crippen molar-refractivity contribution in [2.75, 3.05) is 13.2 Å². The van der Waals surface area contributed by atoms with Crippen LogP contribution in [0.4, 0.5) is 0 Å². The van der Waals surface area contributed by atoms with Gasteiger partial charge in [0.15, 0.2) is 0 Å². The number of hydrogen-bond donors (Lipinski definition) is 0. The van der Waals surface area contributed by atoms with Crippen LogP contribution in [0.15, 0.2) is 0 Å². The van der Waals surface area contributed by atoms with Crippen LogP contribution in [0.1, 0.15) is 39.0 Å². The standard InChI is InChI=1S/C12H18N2O2/c1-12(6-4-8-16-12)11(15)14-7-3-2-5-10(14)9-13/h10H,2-8H2,1H3. The number of likely N-dealkylation sites (tertiary alicyclic amines) is 1. The molecule has 0 N–H and O–H groups in total. The normalized spacial score (nSPS) is 34.8. The van der Waals surface area contributed by atoms with Crippen molar-refractivity contribution in [1.29, 1.82) is 5.26 Å². The fourth-order valence-electron chi connectivity index (χ4n) is 2.56. The van der Waals surface area contributed by atoms with Gasteiger partial charge in [-0.05, 0) is 39.0 Å². The van der Waals surface area contributed by atoms with Crippen LogP contribution in [0.2, 0.25) is 0 Å². The number of piperidine rings is 1. The molecule has 0 aromatic rings. The molecule has 0 radical (unpaired) electrons. The number of rotatable bonds is 1. The number of carbonyl (C=O) groups is 1. The van der Waals surface area contributed by atoms with E-state index < -0.39 is 5.60 Å². The Morgan fingerprint density at radius 3 is 2.94 bits per heavy atom. The molecule has 2 atom stereocenters. The minimum absolute atomic E-state index is 0.0104. The largest absolute Gasteiger partial charge is 0.365 e. The van der Waals surface area contributed by atoms with E-state index in [-0.39, 0.29) is 11.9 Å². The highest BCUT2D eigenvalue weighted by Crippen LogP contribution is 2.30. The van der Waals surface area contributed by atoms with Crippen LogP contribution in [0.5, 0.6) is 0 Å². The van der Waals surface area contributed by atoms with Gasteiger partial charge in [-0.25, -0.2) is 0 Å². The lowest BCUT2D eigenvalue weighted by Crippen LogP contribution is -2.52. The summed E-state index contributed by atoms with van der Waals surface area (Å²) in [5, 5.41) is 9.05. The summed E-state index contributed by atoms with van der Waals surface area (Å²) in [7, 11) is 0. The van der Waals surface area contributed by atoms with E-state index in [0.29, 0.717) is 13.2 Å². The zero-order chi connectivity index (χ0) is 11.6. The molecule has 2 aliphatic rings. The van der Waals surface area contributed by atoms with E-state index in [2.05, 4.69) is 6.07 Å². The van der Waals surface area contributed by atoms with E-state index in [9.17, 15) is 4.79 Å². The summed E-state index contributed by atoms with van der Waals surface area (Å²) in [6, 6.07) is 1.98. The molecule has 1 amide bonds. The summed E-state index contributed by atoms with van der Waals surface area (Å²) in [4.78, 5) is 14.1. The van der Waals surface area contributed by atoms with E-state index in [1.54, 1.807) is 4.90 Å². The maximum Gasteiger partial charge on any atom is 0.255 e. The molecule has 2 unspecified atom stereocenters. The highest BCUT2D eigenvalue weighted by atomic mass is 16.5. The van der Waals surface area contributed by atoms with Crippen molar-refractivity contribution in [2.45, 2.75) is 50.7 Å². The molecular weight excluding hydrogens is 204 g/mol. The Labute approximate surface area is 96.2 Å². The van der Waals surface area contributed by atoms with Crippen molar-refractivity contribution < 1.29 is 9.53 Å². The topological polar surface area (TPSA) is 53.3 Å². The smallest absolute Gasteiger partial charge is 0.255 e. The predicted molar refractivity (Wildman–Crippen MR) is 58.6 cm³/mol. The summed E-state index contributed by atoms with van der Waals surface area (Å²) in [5.74, 6) is 0.0104. The second kappa shape index (κ2) is 4.42. The summed E-state index contributed by atoms with van der Waals surface area (Å²) in [6.45, 7) is 3.22. The third-order valence-electron chi connectivity index (χ3n) is 3.58. The van der Waals surface area contributed by atoms with E-state index in [4.69, 9.17) is 10.00 Å². The van der Waals surface area contributed by atoms with Gasteiger partial charge in [0.2, 0.25) is 0 Å². The first-order valence-corrected chi connectivity index (χ1v) is 6.02. The minimum atomic E-state index is -0.674. The van der Waals surface area contributed by atoms with E-state index in [0.717, 1.165) is 32.1 Å². The molecule has 0 spiro atoms. The first-order valence-electron chi connectivity index (χ1n) is 6.02. The molecule has 88 valence electrons. The lowest BCUT2D eigenvalue weighted by molar-refractivity contribution is -0.153. The van der Waals surface area contributed by atoms with Crippen LogP contribution >= 0.6 is 0 Å². The third kappa shape index (κ3) is 1.92. The van der Waals surface area contributed by atoms with Crippen LogP contribution in [0.25, 0.3) is 0 Å². The lowest BCUT2D eigenvalue weighted by Gasteiger charge is -2.36. The van der Waals surface area contributed by atoms with Crippen LogP contribution in [0, 0.1) is 11.3 Å². The molecule has 0 aromatic carbocycles. The first-order chi connectivity index (χ1) is 7.67. The molecule has 2 rings (SSSR count). The Hall–Kier alpha value is -1.08. The van der Waals surface area contributed by atoms with Crippen molar-refractivity contribution >= 4 is 5.91 Å². The molecule has 2 fully saturated rings. The van der Waals surface area contributed by atoms with Gasteiger partial charge in [0.25, 0.3) is 5.91 Å². The summed E-state index contributed by atoms with van der Waals surface area (Å²) >= 11 is 0. The van der Waals surface area contributed by atoms with Gasteiger partial charge in [0, 0.05) is 13.2 Å². The molecule has 4 nitrogen and oxygen atoms in total. The Bertz CT molecular complexity index is 315. The zero-order valence-corrected chi connectivity index (χ0v) is 9.74. The van der Waals surface area contributed by atoms with Crippen LogP contribution < -0.4 is 0 Å². The van der Waals surface area contributed by atoms with Gasteiger partial charge in [0.1, 0.15) is 11.6 Å². The number of hydrogen-bond acceptors (Lipinski definition) is 3. The summed E-state index contributed by atoms with van der Waals surface area (Å²) in [5.41, 5.74) is -0.674. The Kier molecular flexibility index (Phi) is 3.15. The fourth-order valence-corrected chi connectivity index (χ4v) is 2.56. The molecule has 0 aliphatic carbocycles. The Morgan fingerprint density at radius 2 is 2.31 bits per heavy atom. The van der Waals surface area contributed by atoms with Crippen molar-refractivity contribution in [2.24, 2.45) is 0 Å². The maximum absolute atomic E-state index is 12.3. The highest BCUT2D eigenvalue weighted by Gasteiger charge is 2.43. The van der Waals surface area contributed by atoms with E-state index in [1.807, 2.05) is 6.92 Å². The fraction of sp³-hybridized carbons (Fsp3) is 0.833. The van der Waals surface area contributed by atoms with Crippen LogP contribution in [-0.4, -0.2) is 35.6 Å². The molecule has 16 heavy (non-hydrogen) atoms. The summed E-state index contributed by atoms with van der Waals surface area (Å²) < 4.78 is 5.55. The van der Waals surface area contributed by atoms with Gasteiger partial charge in [-0.15, -0.1) is 0 Å². The number of nitrogens with zero attached hydrogens (tertiary/aromatic N) is 2. The first kappa shape index (κ1) is 11.4. The van der Waals surface area contributed by atoms with E-state index in [1.165, 1.54) is 0 Å². The molecule has 0 saturated carbocycles. The van der Waals surface area contributed by atoms with Gasteiger partial charge < -0.3 is 9.64 Å². The van der Waals surface area contributed by atoms with Crippen molar-refractivity contribution in [3.05, 3.63) is 0 Å². The molecule has 0 bridgehead atoms. The van der Waals surface area contributed by atoms with Gasteiger partial charge in [0.05, 0.1) is 6.07 Å².